The van der Waals surface area contributed by atoms with Gasteiger partial charge in [-0.1, -0.05) is 20.3 Å². The molecule has 4 heteroatoms. The molecule has 0 aliphatic carbocycles. The van der Waals surface area contributed by atoms with E-state index in [0.717, 1.165) is 32.5 Å². The van der Waals surface area contributed by atoms with Gasteiger partial charge in [-0.25, -0.2) is 4.98 Å². The van der Waals surface area contributed by atoms with Gasteiger partial charge in [-0.2, -0.15) is 0 Å². The van der Waals surface area contributed by atoms with Crippen molar-refractivity contribution in [2.24, 2.45) is 11.7 Å². The molecule has 1 saturated heterocycles. The van der Waals surface area contributed by atoms with Crippen LogP contribution in [0.4, 0.5) is 0 Å². The molecule has 2 unspecified atom stereocenters. The standard InChI is InChI=1S/C13H23N3S/c1-3-4-11-9-17-13(15-11)8-16-6-5-12(14)10(2)7-16/h9-10,12H,3-8,14H2,1-2H3. The average molecular weight is 253 g/mol. The van der Waals surface area contributed by atoms with Crippen LogP contribution >= 0.6 is 11.3 Å². The Balaban J connectivity index is 1.87. The molecule has 3 nitrogen and oxygen atoms in total. The van der Waals surface area contributed by atoms with Crippen molar-refractivity contribution in [3.63, 3.8) is 0 Å². The lowest BCUT2D eigenvalue weighted by atomic mass is 9.95. The van der Waals surface area contributed by atoms with Crippen LogP contribution in [-0.4, -0.2) is 29.0 Å². The van der Waals surface area contributed by atoms with E-state index in [0.29, 0.717) is 12.0 Å². The third-order valence-electron chi connectivity index (χ3n) is 3.52. The first kappa shape index (κ1) is 13.0. The zero-order valence-corrected chi connectivity index (χ0v) is 11.7. The fourth-order valence-electron chi connectivity index (χ4n) is 2.38. The van der Waals surface area contributed by atoms with Gasteiger partial charge in [-0.3, -0.25) is 4.90 Å². The molecule has 96 valence electrons. The predicted octanol–water partition coefficient (Wildman–Crippen LogP) is 2.26. The van der Waals surface area contributed by atoms with Crippen LogP contribution in [0.3, 0.4) is 0 Å². The highest BCUT2D eigenvalue weighted by Crippen LogP contribution is 2.19. The maximum Gasteiger partial charge on any atom is 0.107 e. The summed E-state index contributed by atoms with van der Waals surface area (Å²) in [7, 11) is 0. The Morgan fingerprint density at radius 2 is 2.41 bits per heavy atom. The molecule has 1 aromatic heterocycles. The molecule has 0 bridgehead atoms. The Morgan fingerprint density at radius 1 is 1.59 bits per heavy atom. The second-order valence-electron chi connectivity index (χ2n) is 5.15. The fourth-order valence-corrected chi connectivity index (χ4v) is 3.25. The quantitative estimate of drug-likeness (QED) is 0.895. The van der Waals surface area contributed by atoms with Crippen molar-refractivity contribution in [2.45, 2.75) is 45.7 Å². The molecule has 2 N–H and O–H groups in total. The molecular formula is C13H23N3S. The summed E-state index contributed by atoms with van der Waals surface area (Å²) < 4.78 is 0. The molecule has 0 amide bonds. The number of nitrogens with zero attached hydrogens (tertiary/aromatic N) is 2. The van der Waals surface area contributed by atoms with E-state index in [1.165, 1.54) is 17.1 Å². The lowest BCUT2D eigenvalue weighted by Gasteiger charge is -2.34. The Morgan fingerprint density at radius 3 is 3.12 bits per heavy atom. The van der Waals surface area contributed by atoms with Crippen molar-refractivity contribution in [1.29, 1.82) is 0 Å². The normalized spacial score (nSPS) is 26.3. The van der Waals surface area contributed by atoms with Crippen LogP contribution in [0.15, 0.2) is 5.38 Å². The van der Waals surface area contributed by atoms with Crippen LogP contribution in [0.25, 0.3) is 0 Å². The highest BCUT2D eigenvalue weighted by molar-refractivity contribution is 7.09. The number of nitrogens with two attached hydrogens (primary N) is 1. The van der Waals surface area contributed by atoms with Gasteiger partial charge in [0, 0.05) is 24.5 Å². The molecule has 1 fully saturated rings. The second-order valence-corrected chi connectivity index (χ2v) is 6.09. The van der Waals surface area contributed by atoms with Gasteiger partial charge in [0.2, 0.25) is 0 Å². The van der Waals surface area contributed by atoms with Crippen LogP contribution in [0.2, 0.25) is 0 Å². The van der Waals surface area contributed by atoms with E-state index in [2.05, 4.69) is 29.1 Å². The number of rotatable bonds is 4. The van der Waals surface area contributed by atoms with Gasteiger partial charge in [0.15, 0.2) is 0 Å². The molecule has 1 aliphatic rings. The lowest BCUT2D eigenvalue weighted by molar-refractivity contribution is 0.157. The molecule has 2 heterocycles. The first-order chi connectivity index (χ1) is 8.19. The minimum Gasteiger partial charge on any atom is -0.327 e. The minimum atomic E-state index is 0.387. The molecule has 0 radical (unpaired) electrons. The van der Waals surface area contributed by atoms with Crippen LogP contribution in [0.5, 0.6) is 0 Å². The van der Waals surface area contributed by atoms with Crippen molar-refractivity contribution < 1.29 is 0 Å². The second kappa shape index (κ2) is 5.94. The molecular weight excluding hydrogens is 230 g/mol. The molecule has 0 spiro atoms. The summed E-state index contributed by atoms with van der Waals surface area (Å²) in [6.45, 7) is 7.69. The van der Waals surface area contributed by atoms with Crippen molar-refractivity contribution in [3.8, 4) is 0 Å². The zero-order valence-electron chi connectivity index (χ0n) is 10.9. The van der Waals surface area contributed by atoms with Crippen molar-refractivity contribution >= 4 is 11.3 Å². The number of thiazole rings is 1. The monoisotopic (exact) mass is 253 g/mol. The summed E-state index contributed by atoms with van der Waals surface area (Å²) in [4.78, 5) is 7.17. The topological polar surface area (TPSA) is 42.1 Å². The number of aromatic nitrogens is 1. The number of aryl methyl sites for hydroxylation is 1. The summed E-state index contributed by atoms with van der Waals surface area (Å²) in [6, 6.07) is 0.387. The molecule has 1 aliphatic heterocycles. The first-order valence-corrected chi connectivity index (χ1v) is 7.48. The Labute approximate surface area is 108 Å². The molecule has 2 rings (SSSR count). The van der Waals surface area contributed by atoms with E-state index in [1.807, 2.05) is 0 Å². The maximum absolute atomic E-state index is 6.04. The van der Waals surface area contributed by atoms with Gasteiger partial charge in [-0.15, -0.1) is 11.3 Å². The van der Waals surface area contributed by atoms with E-state index in [1.54, 1.807) is 11.3 Å². The first-order valence-electron chi connectivity index (χ1n) is 6.60. The number of likely N-dealkylation sites (tertiary alicyclic amines) is 1. The van der Waals surface area contributed by atoms with Crippen molar-refractivity contribution in [3.05, 3.63) is 16.1 Å². The lowest BCUT2D eigenvalue weighted by Crippen LogP contribution is -2.45. The van der Waals surface area contributed by atoms with Gasteiger partial charge in [-0.05, 0) is 18.8 Å². The van der Waals surface area contributed by atoms with Gasteiger partial charge in [0.05, 0.1) is 12.2 Å². The predicted molar refractivity (Wildman–Crippen MR) is 73.1 cm³/mol. The largest absolute Gasteiger partial charge is 0.327 e. The third-order valence-corrected chi connectivity index (χ3v) is 4.40. The number of hydrogen-bond acceptors (Lipinski definition) is 4. The van der Waals surface area contributed by atoms with Crippen molar-refractivity contribution in [1.82, 2.24) is 9.88 Å². The van der Waals surface area contributed by atoms with E-state index in [9.17, 15) is 0 Å². The van der Waals surface area contributed by atoms with E-state index < -0.39 is 0 Å². The van der Waals surface area contributed by atoms with Crippen LogP contribution in [0.1, 0.15) is 37.4 Å². The maximum atomic E-state index is 6.04. The molecule has 1 aromatic rings. The van der Waals surface area contributed by atoms with E-state index in [-0.39, 0.29) is 0 Å². The summed E-state index contributed by atoms with van der Waals surface area (Å²) in [6.07, 6.45) is 3.41. The van der Waals surface area contributed by atoms with E-state index >= 15 is 0 Å². The van der Waals surface area contributed by atoms with Gasteiger partial charge < -0.3 is 5.73 Å². The smallest absolute Gasteiger partial charge is 0.107 e. The Kier molecular flexibility index (Phi) is 4.54. The summed E-state index contributed by atoms with van der Waals surface area (Å²) in [5, 5.41) is 3.47. The Bertz CT molecular complexity index is 350. The number of piperidine rings is 1. The summed E-state index contributed by atoms with van der Waals surface area (Å²) >= 11 is 1.80. The van der Waals surface area contributed by atoms with Gasteiger partial charge in [0.25, 0.3) is 0 Å². The molecule has 17 heavy (non-hydrogen) atoms. The van der Waals surface area contributed by atoms with Crippen LogP contribution in [-0.2, 0) is 13.0 Å². The zero-order chi connectivity index (χ0) is 12.3. The van der Waals surface area contributed by atoms with E-state index in [4.69, 9.17) is 5.73 Å². The fraction of sp³-hybridized carbons (Fsp3) is 0.769. The van der Waals surface area contributed by atoms with Crippen LogP contribution in [0, 0.1) is 5.92 Å². The molecule has 0 aromatic carbocycles. The van der Waals surface area contributed by atoms with Gasteiger partial charge in [0.1, 0.15) is 5.01 Å². The third kappa shape index (κ3) is 3.50. The SMILES string of the molecule is CCCc1csc(CN2CCC(N)C(C)C2)n1. The molecule has 0 saturated carbocycles. The highest BCUT2D eigenvalue weighted by Gasteiger charge is 2.23. The highest BCUT2D eigenvalue weighted by atomic mass is 32.1. The van der Waals surface area contributed by atoms with Crippen molar-refractivity contribution in [2.75, 3.05) is 13.1 Å². The Hall–Kier alpha value is -0.450. The minimum absolute atomic E-state index is 0.387. The molecule has 2 atom stereocenters. The summed E-state index contributed by atoms with van der Waals surface area (Å²) in [5.41, 5.74) is 7.30. The number of hydrogen-bond donors (Lipinski definition) is 1. The van der Waals surface area contributed by atoms with Crippen LogP contribution < -0.4 is 5.73 Å². The summed E-state index contributed by atoms with van der Waals surface area (Å²) in [5.74, 6) is 0.610. The average Bonchev–Trinajstić information content (AvgIpc) is 2.72. The van der Waals surface area contributed by atoms with Gasteiger partial charge >= 0.3 is 0 Å².